The second kappa shape index (κ2) is 4.94. The first-order valence-electron chi connectivity index (χ1n) is 4.51. The molecule has 2 N–H and O–H groups in total. The highest BCUT2D eigenvalue weighted by atomic mass is 19.4. The molecule has 0 fully saturated rings. The number of carbonyl (C=O) groups excluding carboxylic acids is 1. The molecule has 0 radical (unpaired) electrons. The van der Waals surface area contributed by atoms with Crippen molar-refractivity contribution in [2.75, 3.05) is 19.5 Å². The first-order valence-corrected chi connectivity index (χ1v) is 4.51. The molecule has 0 aliphatic heterocycles. The van der Waals surface area contributed by atoms with E-state index >= 15 is 0 Å². The lowest BCUT2D eigenvalue weighted by atomic mass is 10.2. The van der Waals surface area contributed by atoms with Crippen LogP contribution >= 0.6 is 0 Å². The Morgan fingerprint density at radius 2 is 2.06 bits per heavy atom. The zero-order chi connectivity index (χ0) is 13.1. The molecule has 0 saturated carbocycles. The predicted octanol–water partition coefficient (Wildman–Crippen LogP) is 2.00. The molecule has 0 bridgehead atoms. The third kappa shape index (κ3) is 3.86. The maximum Gasteiger partial charge on any atom is 0.422 e. The quantitative estimate of drug-likeness (QED) is 0.657. The summed E-state index contributed by atoms with van der Waals surface area (Å²) in [6.45, 7) is -1.65. The first kappa shape index (κ1) is 13.1. The molecule has 17 heavy (non-hydrogen) atoms. The summed E-state index contributed by atoms with van der Waals surface area (Å²) in [4.78, 5) is 11.3. The zero-order valence-electron chi connectivity index (χ0n) is 8.88. The van der Waals surface area contributed by atoms with Crippen molar-refractivity contribution < 1.29 is 27.4 Å². The van der Waals surface area contributed by atoms with E-state index in [0.717, 1.165) is 0 Å². The van der Waals surface area contributed by atoms with Crippen LogP contribution in [-0.2, 0) is 4.74 Å². The SMILES string of the molecule is COc1ccc(N)c(C(=O)OCC(F)(F)F)c1. The maximum atomic E-state index is 11.8. The Kier molecular flexibility index (Phi) is 3.82. The van der Waals surface area contributed by atoms with Gasteiger partial charge in [0.2, 0.25) is 0 Å². The van der Waals surface area contributed by atoms with E-state index in [1.807, 2.05) is 0 Å². The van der Waals surface area contributed by atoms with Gasteiger partial charge in [0.05, 0.1) is 12.7 Å². The van der Waals surface area contributed by atoms with E-state index in [2.05, 4.69) is 4.74 Å². The minimum atomic E-state index is -4.57. The predicted molar refractivity (Wildman–Crippen MR) is 53.7 cm³/mol. The maximum absolute atomic E-state index is 11.8. The summed E-state index contributed by atoms with van der Waals surface area (Å²) in [5.74, 6) is -0.836. The molecule has 0 saturated heterocycles. The van der Waals surface area contributed by atoms with Gasteiger partial charge in [-0.15, -0.1) is 0 Å². The summed E-state index contributed by atoms with van der Waals surface area (Å²) in [5.41, 5.74) is 5.31. The highest BCUT2D eigenvalue weighted by molar-refractivity contribution is 5.95. The lowest BCUT2D eigenvalue weighted by Gasteiger charge is -2.10. The lowest BCUT2D eigenvalue weighted by molar-refractivity contribution is -0.161. The Bertz CT molecular complexity index is 418. The molecule has 1 aromatic rings. The number of hydrogen-bond donors (Lipinski definition) is 1. The van der Waals surface area contributed by atoms with Crippen LogP contribution in [0, 0.1) is 0 Å². The molecule has 0 aromatic heterocycles. The molecule has 0 amide bonds. The van der Waals surface area contributed by atoms with Crippen molar-refractivity contribution in [2.24, 2.45) is 0 Å². The number of alkyl halides is 3. The highest BCUT2D eigenvalue weighted by Crippen LogP contribution is 2.21. The molecule has 0 aliphatic carbocycles. The third-order valence-electron chi connectivity index (χ3n) is 1.85. The Morgan fingerprint density at radius 3 is 2.59 bits per heavy atom. The number of nitrogens with two attached hydrogens (primary N) is 1. The summed E-state index contributed by atoms with van der Waals surface area (Å²) < 4.78 is 44.4. The minimum absolute atomic E-state index is 0.0259. The van der Waals surface area contributed by atoms with Crippen LogP contribution < -0.4 is 10.5 Å². The van der Waals surface area contributed by atoms with Crippen molar-refractivity contribution in [3.63, 3.8) is 0 Å². The van der Waals surface area contributed by atoms with Gasteiger partial charge in [-0.2, -0.15) is 13.2 Å². The molecule has 0 spiro atoms. The molecule has 0 atom stereocenters. The average molecular weight is 249 g/mol. The molecular weight excluding hydrogens is 239 g/mol. The Labute approximate surface area is 95.1 Å². The number of anilines is 1. The van der Waals surface area contributed by atoms with Gasteiger partial charge in [-0.25, -0.2) is 4.79 Å². The topological polar surface area (TPSA) is 61.5 Å². The summed E-state index contributed by atoms with van der Waals surface area (Å²) in [7, 11) is 1.36. The summed E-state index contributed by atoms with van der Waals surface area (Å²) in [6.07, 6.45) is -4.57. The number of rotatable bonds is 3. The summed E-state index contributed by atoms with van der Waals surface area (Å²) in [5, 5.41) is 0. The molecule has 0 unspecified atom stereocenters. The number of carbonyl (C=O) groups is 1. The molecule has 1 rings (SSSR count). The van der Waals surface area contributed by atoms with Crippen molar-refractivity contribution in [3.05, 3.63) is 23.8 Å². The second-order valence-electron chi connectivity index (χ2n) is 3.14. The smallest absolute Gasteiger partial charge is 0.422 e. The van der Waals surface area contributed by atoms with Gasteiger partial charge in [-0.05, 0) is 18.2 Å². The monoisotopic (exact) mass is 249 g/mol. The van der Waals surface area contributed by atoms with Crippen LogP contribution in [0.3, 0.4) is 0 Å². The van der Waals surface area contributed by atoms with E-state index in [0.29, 0.717) is 5.75 Å². The van der Waals surface area contributed by atoms with Gasteiger partial charge in [-0.1, -0.05) is 0 Å². The first-order chi connectivity index (χ1) is 7.83. The van der Waals surface area contributed by atoms with E-state index in [9.17, 15) is 18.0 Å². The van der Waals surface area contributed by atoms with Crippen LogP contribution in [0.5, 0.6) is 5.75 Å². The fraction of sp³-hybridized carbons (Fsp3) is 0.300. The summed E-state index contributed by atoms with van der Waals surface area (Å²) in [6, 6.07) is 4.05. The van der Waals surface area contributed by atoms with Gasteiger partial charge in [0.1, 0.15) is 5.75 Å². The van der Waals surface area contributed by atoms with Crippen LogP contribution in [0.15, 0.2) is 18.2 Å². The van der Waals surface area contributed by atoms with Crippen molar-refractivity contribution in [2.45, 2.75) is 6.18 Å². The van der Waals surface area contributed by atoms with E-state index in [1.54, 1.807) is 0 Å². The van der Waals surface area contributed by atoms with Gasteiger partial charge >= 0.3 is 12.1 Å². The molecule has 0 aliphatic rings. The number of benzene rings is 1. The van der Waals surface area contributed by atoms with Gasteiger partial charge in [0, 0.05) is 5.69 Å². The fourth-order valence-electron chi connectivity index (χ4n) is 1.06. The molecule has 7 heteroatoms. The third-order valence-corrected chi connectivity index (χ3v) is 1.85. The number of ether oxygens (including phenoxy) is 2. The van der Waals surface area contributed by atoms with Crippen molar-refractivity contribution in [1.82, 2.24) is 0 Å². The van der Waals surface area contributed by atoms with Gasteiger partial charge in [0.25, 0.3) is 0 Å². The van der Waals surface area contributed by atoms with Crippen molar-refractivity contribution in [3.8, 4) is 5.75 Å². The van der Waals surface area contributed by atoms with Gasteiger partial charge in [0.15, 0.2) is 6.61 Å². The number of nitrogen functional groups attached to an aromatic ring is 1. The van der Waals surface area contributed by atoms with Crippen LogP contribution in [0.4, 0.5) is 18.9 Å². The zero-order valence-corrected chi connectivity index (χ0v) is 8.88. The Morgan fingerprint density at radius 1 is 1.41 bits per heavy atom. The van der Waals surface area contributed by atoms with E-state index in [-0.39, 0.29) is 11.3 Å². The molecular formula is C10H10F3NO3. The van der Waals surface area contributed by atoms with E-state index in [4.69, 9.17) is 10.5 Å². The van der Waals surface area contributed by atoms with Gasteiger partial charge < -0.3 is 15.2 Å². The molecule has 1 aromatic carbocycles. The van der Waals surface area contributed by atoms with Crippen molar-refractivity contribution in [1.29, 1.82) is 0 Å². The number of halogens is 3. The number of methoxy groups -OCH3 is 1. The van der Waals surface area contributed by atoms with Crippen molar-refractivity contribution >= 4 is 11.7 Å². The van der Waals surface area contributed by atoms with E-state index < -0.39 is 18.8 Å². The minimum Gasteiger partial charge on any atom is -0.497 e. The molecule has 94 valence electrons. The van der Waals surface area contributed by atoms with Gasteiger partial charge in [-0.3, -0.25) is 0 Å². The lowest BCUT2D eigenvalue weighted by Crippen LogP contribution is -2.20. The molecule has 4 nitrogen and oxygen atoms in total. The standard InChI is InChI=1S/C10H10F3NO3/c1-16-6-2-3-8(14)7(4-6)9(15)17-5-10(11,12)13/h2-4H,5,14H2,1H3. The van der Waals surface area contributed by atoms with Crippen LogP contribution in [0.25, 0.3) is 0 Å². The second-order valence-corrected chi connectivity index (χ2v) is 3.14. The molecule has 0 heterocycles. The average Bonchev–Trinajstić information content (AvgIpc) is 2.25. The number of esters is 1. The highest BCUT2D eigenvalue weighted by Gasteiger charge is 2.30. The largest absolute Gasteiger partial charge is 0.497 e. The fourth-order valence-corrected chi connectivity index (χ4v) is 1.06. The normalized spacial score (nSPS) is 11.1. The Hall–Kier alpha value is -1.92. The van der Waals surface area contributed by atoms with Crippen LogP contribution in [-0.4, -0.2) is 25.9 Å². The summed E-state index contributed by atoms with van der Waals surface area (Å²) >= 11 is 0. The van der Waals surface area contributed by atoms with Crippen LogP contribution in [0.1, 0.15) is 10.4 Å². The number of hydrogen-bond acceptors (Lipinski definition) is 4. The van der Waals surface area contributed by atoms with E-state index in [1.165, 1.54) is 25.3 Å². The Balaban J connectivity index is 2.81. The van der Waals surface area contributed by atoms with Crippen LogP contribution in [0.2, 0.25) is 0 Å².